The van der Waals surface area contributed by atoms with Gasteiger partial charge >= 0.3 is 0 Å². The van der Waals surface area contributed by atoms with Crippen LogP contribution in [0.3, 0.4) is 0 Å². The van der Waals surface area contributed by atoms with Crippen molar-refractivity contribution in [1.82, 2.24) is 0 Å². The van der Waals surface area contributed by atoms with E-state index in [2.05, 4.69) is 18.8 Å². The van der Waals surface area contributed by atoms with Crippen molar-refractivity contribution in [2.75, 3.05) is 13.2 Å². The summed E-state index contributed by atoms with van der Waals surface area (Å²) >= 11 is 0. The second-order valence-corrected chi connectivity index (χ2v) is 3.26. The van der Waals surface area contributed by atoms with Crippen LogP contribution in [0.1, 0.15) is 24.5 Å². The van der Waals surface area contributed by atoms with E-state index in [1.165, 1.54) is 5.56 Å². The molecule has 0 saturated carbocycles. The van der Waals surface area contributed by atoms with Gasteiger partial charge in [0, 0.05) is 12.2 Å². The third-order valence-corrected chi connectivity index (χ3v) is 1.91. The Kier molecular flexibility index (Phi) is 5.54. The summed E-state index contributed by atoms with van der Waals surface area (Å²) in [6.07, 6.45) is 1.06. The van der Waals surface area contributed by atoms with Crippen molar-refractivity contribution >= 4 is 0 Å². The fourth-order valence-electron chi connectivity index (χ4n) is 1.17. The molecule has 0 heterocycles. The van der Waals surface area contributed by atoms with Gasteiger partial charge in [0.15, 0.2) is 0 Å². The number of hydrogen-bond acceptors (Lipinski definition) is 2. The lowest BCUT2D eigenvalue weighted by molar-refractivity contribution is 0.121. The first-order chi connectivity index (χ1) is 7.36. The Hall–Kier alpha value is -1.30. The standard InChI is InChI=1S/C13H17NO/c1-2-10-15-11-13-7-5-12(6-8-13)4-3-9-14/h5-8H,2,9-11,14H2,1H3. The lowest BCUT2D eigenvalue weighted by Gasteiger charge is -2.02. The number of ether oxygens (including phenoxy) is 1. The topological polar surface area (TPSA) is 35.2 Å². The van der Waals surface area contributed by atoms with Crippen molar-refractivity contribution < 1.29 is 4.74 Å². The van der Waals surface area contributed by atoms with Crippen LogP contribution in [0.4, 0.5) is 0 Å². The number of benzene rings is 1. The third-order valence-electron chi connectivity index (χ3n) is 1.91. The van der Waals surface area contributed by atoms with Gasteiger partial charge in [0.2, 0.25) is 0 Å². The molecule has 0 aromatic heterocycles. The zero-order valence-electron chi connectivity index (χ0n) is 9.12. The molecule has 0 aliphatic heterocycles. The van der Waals surface area contributed by atoms with Gasteiger partial charge in [0.1, 0.15) is 0 Å². The molecular weight excluding hydrogens is 186 g/mol. The number of nitrogens with two attached hydrogens (primary N) is 1. The van der Waals surface area contributed by atoms with Crippen LogP contribution in [0.15, 0.2) is 24.3 Å². The van der Waals surface area contributed by atoms with Crippen LogP contribution >= 0.6 is 0 Å². The van der Waals surface area contributed by atoms with Crippen molar-refractivity contribution in [3.05, 3.63) is 35.4 Å². The molecule has 0 fully saturated rings. The molecule has 2 nitrogen and oxygen atoms in total. The lowest BCUT2D eigenvalue weighted by atomic mass is 10.1. The van der Waals surface area contributed by atoms with Crippen molar-refractivity contribution in [2.24, 2.45) is 5.73 Å². The summed E-state index contributed by atoms with van der Waals surface area (Å²) < 4.78 is 5.43. The van der Waals surface area contributed by atoms with Crippen LogP contribution in [0.5, 0.6) is 0 Å². The summed E-state index contributed by atoms with van der Waals surface area (Å²) in [5, 5.41) is 0. The van der Waals surface area contributed by atoms with Crippen molar-refractivity contribution in [1.29, 1.82) is 0 Å². The largest absolute Gasteiger partial charge is 0.377 e. The Morgan fingerprint density at radius 1 is 1.27 bits per heavy atom. The van der Waals surface area contributed by atoms with Crippen molar-refractivity contribution in [3.8, 4) is 11.8 Å². The van der Waals surface area contributed by atoms with Gasteiger partial charge in [-0.1, -0.05) is 30.9 Å². The molecular formula is C13H17NO. The molecule has 2 N–H and O–H groups in total. The fourth-order valence-corrected chi connectivity index (χ4v) is 1.17. The van der Waals surface area contributed by atoms with Gasteiger partial charge < -0.3 is 10.5 Å². The van der Waals surface area contributed by atoms with E-state index in [1.807, 2.05) is 24.3 Å². The zero-order valence-corrected chi connectivity index (χ0v) is 9.12. The normalized spacial score (nSPS) is 9.47. The highest BCUT2D eigenvalue weighted by atomic mass is 16.5. The van der Waals surface area contributed by atoms with Gasteiger partial charge in [-0.25, -0.2) is 0 Å². The molecule has 0 spiro atoms. The van der Waals surface area contributed by atoms with E-state index in [9.17, 15) is 0 Å². The molecule has 1 aromatic carbocycles. The predicted octanol–water partition coefficient (Wildman–Crippen LogP) is 1.92. The molecule has 0 radical (unpaired) electrons. The highest BCUT2D eigenvalue weighted by Crippen LogP contribution is 2.04. The van der Waals surface area contributed by atoms with Gasteiger partial charge in [-0.05, 0) is 24.1 Å². The molecule has 0 bridgehead atoms. The first-order valence-corrected chi connectivity index (χ1v) is 5.22. The summed E-state index contributed by atoms with van der Waals surface area (Å²) in [6, 6.07) is 8.06. The van der Waals surface area contributed by atoms with Gasteiger partial charge in [0.25, 0.3) is 0 Å². The highest BCUT2D eigenvalue weighted by molar-refractivity contribution is 5.36. The molecule has 1 aromatic rings. The summed E-state index contributed by atoms with van der Waals surface area (Å²) in [7, 11) is 0. The second-order valence-electron chi connectivity index (χ2n) is 3.26. The van der Waals surface area contributed by atoms with Crippen molar-refractivity contribution in [3.63, 3.8) is 0 Å². The average molecular weight is 203 g/mol. The van der Waals surface area contributed by atoms with Crippen LogP contribution in [0.2, 0.25) is 0 Å². The summed E-state index contributed by atoms with van der Waals surface area (Å²) in [5.41, 5.74) is 7.48. The molecule has 15 heavy (non-hydrogen) atoms. The Morgan fingerprint density at radius 3 is 2.60 bits per heavy atom. The SMILES string of the molecule is CCCOCc1ccc(C#CCN)cc1. The first-order valence-electron chi connectivity index (χ1n) is 5.22. The van der Waals surface area contributed by atoms with Crippen LogP contribution in [-0.4, -0.2) is 13.2 Å². The Morgan fingerprint density at radius 2 is 2.00 bits per heavy atom. The van der Waals surface area contributed by atoms with E-state index in [0.29, 0.717) is 13.2 Å². The van der Waals surface area contributed by atoms with Gasteiger partial charge in [-0.15, -0.1) is 0 Å². The number of rotatable bonds is 4. The minimum Gasteiger partial charge on any atom is -0.377 e. The molecule has 0 aliphatic carbocycles. The van der Waals surface area contributed by atoms with Crippen LogP contribution < -0.4 is 5.73 Å². The van der Waals surface area contributed by atoms with E-state index < -0.39 is 0 Å². The molecule has 1 rings (SSSR count). The van der Waals surface area contributed by atoms with E-state index in [1.54, 1.807) is 0 Å². The predicted molar refractivity (Wildman–Crippen MR) is 62.3 cm³/mol. The van der Waals surface area contributed by atoms with Gasteiger partial charge in [-0.2, -0.15) is 0 Å². The minimum absolute atomic E-state index is 0.404. The maximum absolute atomic E-state index is 5.43. The molecule has 0 unspecified atom stereocenters. The summed E-state index contributed by atoms with van der Waals surface area (Å²) in [5.74, 6) is 5.81. The van der Waals surface area contributed by atoms with E-state index in [0.717, 1.165) is 18.6 Å². The Balaban J connectivity index is 2.49. The number of hydrogen-bond donors (Lipinski definition) is 1. The lowest BCUT2D eigenvalue weighted by Crippen LogP contribution is -1.94. The zero-order chi connectivity index (χ0) is 10.9. The summed E-state index contributed by atoms with van der Waals surface area (Å²) in [6.45, 7) is 4.00. The molecule has 0 aliphatic rings. The van der Waals surface area contributed by atoms with Crippen molar-refractivity contribution in [2.45, 2.75) is 20.0 Å². The van der Waals surface area contributed by atoms with Gasteiger partial charge in [-0.3, -0.25) is 0 Å². The highest BCUT2D eigenvalue weighted by Gasteiger charge is 1.92. The fraction of sp³-hybridized carbons (Fsp3) is 0.385. The quantitative estimate of drug-likeness (QED) is 0.599. The molecule has 0 amide bonds. The second kappa shape index (κ2) is 7.05. The average Bonchev–Trinajstić information content (AvgIpc) is 2.28. The monoisotopic (exact) mass is 203 g/mol. The maximum atomic E-state index is 5.43. The maximum Gasteiger partial charge on any atom is 0.0716 e. The Bertz CT molecular complexity index is 332. The van der Waals surface area contributed by atoms with E-state index in [-0.39, 0.29) is 0 Å². The molecule has 2 heteroatoms. The smallest absolute Gasteiger partial charge is 0.0716 e. The van der Waals surface area contributed by atoms with Crippen LogP contribution in [-0.2, 0) is 11.3 Å². The third kappa shape index (κ3) is 4.64. The van der Waals surface area contributed by atoms with E-state index in [4.69, 9.17) is 10.5 Å². The van der Waals surface area contributed by atoms with Gasteiger partial charge in [0.05, 0.1) is 13.2 Å². The molecule has 0 atom stereocenters. The summed E-state index contributed by atoms with van der Waals surface area (Å²) in [4.78, 5) is 0. The van der Waals surface area contributed by atoms with Crippen LogP contribution in [0.25, 0.3) is 0 Å². The van der Waals surface area contributed by atoms with Crippen LogP contribution in [0, 0.1) is 11.8 Å². The molecule has 80 valence electrons. The van der Waals surface area contributed by atoms with E-state index >= 15 is 0 Å². The first kappa shape index (κ1) is 11.8. The Labute approximate surface area is 91.4 Å². The minimum atomic E-state index is 0.404. The molecule has 0 saturated heterocycles.